The lowest BCUT2D eigenvalue weighted by Crippen LogP contribution is -2.31. The number of benzene rings is 1. The quantitative estimate of drug-likeness (QED) is 0.900. The van der Waals surface area contributed by atoms with Crippen molar-refractivity contribution in [1.82, 2.24) is 9.55 Å². The van der Waals surface area contributed by atoms with E-state index in [0.717, 1.165) is 12.0 Å². The van der Waals surface area contributed by atoms with Gasteiger partial charge in [-0.2, -0.15) is 0 Å². The molecule has 1 unspecified atom stereocenters. The molecule has 0 bridgehead atoms. The minimum atomic E-state index is -0.951. The molecule has 4 heteroatoms. The normalized spacial score (nSPS) is 14.4. The number of aliphatic hydroxyl groups is 1. The van der Waals surface area contributed by atoms with E-state index in [-0.39, 0.29) is 0 Å². The van der Waals surface area contributed by atoms with Crippen molar-refractivity contribution < 1.29 is 5.11 Å². The lowest BCUT2D eigenvalue weighted by Gasteiger charge is -2.29. The fourth-order valence-electron chi connectivity index (χ4n) is 2.23. The summed E-state index contributed by atoms with van der Waals surface area (Å²) in [5.74, 6) is 0. The van der Waals surface area contributed by atoms with Gasteiger partial charge in [0.2, 0.25) is 0 Å². The molecule has 3 nitrogen and oxygen atoms in total. The van der Waals surface area contributed by atoms with Crippen molar-refractivity contribution in [2.24, 2.45) is 0 Å². The van der Waals surface area contributed by atoms with Crippen LogP contribution in [0.15, 0.2) is 43.0 Å². The van der Waals surface area contributed by atoms with Crippen molar-refractivity contribution in [2.45, 2.75) is 31.9 Å². The predicted octanol–water partition coefficient (Wildman–Crippen LogP) is 3.22. The Kier molecular flexibility index (Phi) is 4.04. The highest BCUT2D eigenvalue weighted by Crippen LogP contribution is 2.33. The molecule has 1 heterocycles. The number of nitrogens with zero attached hydrogens (tertiary/aromatic N) is 2. The molecule has 0 aliphatic carbocycles. The van der Waals surface area contributed by atoms with E-state index in [2.05, 4.69) is 11.9 Å². The van der Waals surface area contributed by atoms with E-state index < -0.39 is 5.60 Å². The summed E-state index contributed by atoms with van der Waals surface area (Å²) in [5, 5.41) is 11.5. The van der Waals surface area contributed by atoms with E-state index in [4.69, 9.17) is 11.6 Å². The number of rotatable bonds is 5. The SMILES string of the molecule is CCCC(O)(Cn1ccnc1)c1ccccc1Cl. The maximum absolute atomic E-state index is 10.9. The van der Waals surface area contributed by atoms with E-state index in [0.29, 0.717) is 18.0 Å². The highest BCUT2D eigenvalue weighted by Gasteiger charge is 2.30. The summed E-state index contributed by atoms with van der Waals surface area (Å²) in [4.78, 5) is 4.00. The molecule has 0 aliphatic rings. The summed E-state index contributed by atoms with van der Waals surface area (Å²) in [6, 6.07) is 7.46. The van der Waals surface area contributed by atoms with Gasteiger partial charge in [0.15, 0.2) is 0 Å². The molecule has 1 aromatic carbocycles. The number of aromatic nitrogens is 2. The average molecular weight is 265 g/mol. The number of hydrogen-bond acceptors (Lipinski definition) is 2. The zero-order valence-corrected chi connectivity index (χ0v) is 11.1. The zero-order chi connectivity index (χ0) is 13.0. The highest BCUT2D eigenvalue weighted by molar-refractivity contribution is 6.31. The van der Waals surface area contributed by atoms with Crippen LogP contribution in [0.5, 0.6) is 0 Å². The lowest BCUT2D eigenvalue weighted by atomic mass is 9.89. The molecule has 2 aromatic rings. The molecule has 18 heavy (non-hydrogen) atoms. The van der Waals surface area contributed by atoms with Gasteiger partial charge in [0, 0.05) is 23.0 Å². The Labute approximate surface area is 112 Å². The molecule has 0 spiro atoms. The van der Waals surface area contributed by atoms with Gasteiger partial charge in [-0.25, -0.2) is 4.98 Å². The van der Waals surface area contributed by atoms with Gasteiger partial charge in [-0.3, -0.25) is 0 Å². The molecule has 0 fully saturated rings. The van der Waals surface area contributed by atoms with E-state index in [1.54, 1.807) is 12.5 Å². The van der Waals surface area contributed by atoms with Crippen LogP contribution < -0.4 is 0 Å². The molecule has 0 radical (unpaired) electrons. The Balaban J connectivity index is 2.34. The van der Waals surface area contributed by atoms with Crippen LogP contribution in [-0.2, 0) is 12.1 Å². The third kappa shape index (κ3) is 2.74. The van der Waals surface area contributed by atoms with Crippen LogP contribution in [0.1, 0.15) is 25.3 Å². The van der Waals surface area contributed by atoms with Crippen molar-refractivity contribution in [3.05, 3.63) is 53.6 Å². The standard InChI is InChI=1S/C14H17ClN2O/c1-2-7-14(18,10-17-9-8-16-11-17)12-5-3-4-6-13(12)15/h3-6,8-9,11,18H,2,7,10H2,1H3. The van der Waals surface area contributed by atoms with Crippen molar-refractivity contribution in [1.29, 1.82) is 0 Å². The second-order valence-corrected chi connectivity index (χ2v) is 4.90. The Morgan fingerprint density at radius 2 is 2.17 bits per heavy atom. The molecule has 1 N–H and O–H groups in total. The van der Waals surface area contributed by atoms with Gasteiger partial charge >= 0.3 is 0 Å². The van der Waals surface area contributed by atoms with Crippen molar-refractivity contribution >= 4 is 11.6 Å². The summed E-state index contributed by atoms with van der Waals surface area (Å²) in [7, 11) is 0. The first-order chi connectivity index (χ1) is 8.65. The summed E-state index contributed by atoms with van der Waals surface area (Å²) in [6.45, 7) is 2.51. The van der Waals surface area contributed by atoms with Gasteiger partial charge in [0.05, 0.1) is 12.9 Å². The lowest BCUT2D eigenvalue weighted by molar-refractivity contribution is 0.00896. The summed E-state index contributed by atoms with van der Waals surface area (Å²) in [5.41, 5.74) is -0.171. The van der Waals surface area contributed by atoms with E-state index in [1.165, 1.54) is 0 Å². The van der Waals surface area contributed by atoms with Crippen LogP contribution in [0.25, 0.3) is 0 Å². The summed E-state index contributed by atoms with van der Waals surface area (Å²) < 4.78 is 1.87. The molecule has 0 amide bonds. The third-order valence-electron chi connectivity index (χ3n) is 3.04. The Morgan fingerprint density at radius 3 is 2.78 bits per heavy atom. The molecule has 96 valence electrons. The molecular formula is C14H17ClN2O. The Bertz CT molecular complexity index is 498. The number of imidazole rings is 1. The highest BCUT2D eigenvalue weighted by atomic mass is 35.5. The van der Waals surface area contributed by atoms with Crippen LogP contribution in [-0.4, -0.2) is 14.7 Å². The maximum atomic E-state index is 10.9. The Hall–Kier alpha value is -1.32. The van der Waals surface area contributed by atoms with Crippen molar-refractivity contribution in [3.8, 4) is 0 Å². The van der Waals surface area contributed by atoms with E-state index >= 15 is 0 Å². The minimum absolute atomic E-state index is 0.463. The van der Waals surface area contributed by atoms with Crippen LogP contribution in [0.3, 0.4) is 0 Å². The van der Waals surface area contributed by atoms with Gasteiger partial charge in [0.25, 0.3) is 0 Å². The van der Waals surface area contributed by atoms with Crippen molar-refractivity contribution in [2.75, 3.05) is 0 Å². The molecule has 1 aromatic heterocycles. The topological polar surface area (TPSA) is 38.0 Å². The predicted molar refractivity (Wildman–Crippen MR) is 72.5 cm³/mol. The first-order valence-corrected chi connectivity index (χ1v) is 6.46. The Morgan fingerprint density at radius 1 is 1.39 bits per heavy atom. The zero-order valence-electron chi connectivity index (χ0n) is 10.4. The maximum Gasteiger partial charge on any atom is 0.109 e. The largest absolute Gasteiger partial charge is 0.383 e. The fraction of sp³-hybridized carbons (Fsp3) is 0.357. The second kappa shape index (κ2) is 5.55. The molecule has 0 saturated heterocycles. The monoisotopic (exact) mass is 264 g/mol. The first-order valence-electron chi connectivity index (χ1n) is 6.09. The van der Waals surface area contributed by atoms with Crippen LogP contribution in [0, 0.1) is 0 Å². The number of hydrogen-bond donors (Lipinski definition) is 1. The van der Waals surface area contributed by atoms with E-state index in [1.807, 2.05) is 35.0 Å². The van der Waals surface area contributed by atoms with Crippen LogP contribution >= 0.6 is 11.6 Å². The third-order valence-corrected chi connectivity index (χ3v) is 3.37. The molecular weight excluding hydrogens is 248 g/mol. The van der Waals surface area contributed by atoms with Crippen LogP contribution in [0.4, 0.5) is 0 Å². The van der Waals surface area contributed by atoms with Gasteiger partial charge in [-0.1, -0.05) is 43.1 Å². The van der Waals surface area contributed by atoms with Gasteiger partial charge < -0.3 is 9.67 Å². The van der Waals surface area contributed by atoms with Gasteiger partial charge in [0.1, 0.15) is 5.60 Å². The summed E-state index contributed by atoms with van der Waals surface area (Å²) >= 11 is 6.20. The van der Waals surface area contributed by atoms with Crippen LogP contribution in [0.2, 0.25) is 5.02 Å². The molecule has 1 atom stereocenters. The molecule has 2 rings (SSSR count). The van der Waals surface area contributed by atoms with Gasteiger partial charge in [-0.15, -0.1) is 0 Å². The molecule has 0 saturated carbocycles. The van der Waals surface area contributed by atoms with Gasteiger partial charge in [-0.05, 0) is 12.5 Å². The smallest absolute Gasteiger partial charge is 0.109 e. The number of halogens is 1. The average Bonchev–Trinajstić information content (AvgIpc) is 2.82. The van der Waals surface area contributed by atoms with Crippen molar-refractivity contribution in [3.63, 3.8) is 0 Å². The first kappa shape index (κ1) is 13.1. The van der Waals surface area contributed by atoms with E-state index in [9.17, 15) is 5.11 Å². The minimum Gasteiger partial charge on any atom is -0.383 e. The summed E-state index contributed by atoms with van der Waals surface area (Å²) in [6.07, 6.45) is 6.80. The molecule has 0 aliphatic heterocycles. The fourth-order valence-corrected chi connectivity index (χ4v) is 2.55. The second-order valence-electron chi connectivity index (χ2n) is 4.50.